The predicted molar refractivity (Wildman–Crippen MR) is 122 cm³/mol. The number of benzene rings is 3. The number of halogens is 1. The third kappa shape index (κ3) is 2.45. The molecule has 0 atom stereocenters. The van der Waals surface area contributed by atoms with Crippen molar-refractivity contribution in [2.24, 2.45) is 0 Å². The summed E-state index contributed by atoms with van der Waals surface area (Å²) in [5.41, 5.74) is 5.91. The molecule has 2 heterocycles. The predicted octanol–water partition coefficient (Wildman–Crippen LogP) is 6.61. The van der Waals surface area contributed by atoms with Crippen molar-refractivity contribution in [1.29, 1.82) is 0 Å². The first kappa shape index (κ1) is 16.8. The molecule has 0 amide bonds. The molecule has 140 valence electrons. The molecule has 0 radical (unpaired) electrons. The van der Waals surface area contributed by atoms with Crippen LogP contribution in [0.25, 0.3) is 44.6 Å². The van der Waals surface area contributed by atoms with Crippen molar-refractivity contribution in [1.82, 2.24) is 4.57 Å². The Morgan fingerprint density at radius 3 is 2.59 bits per heavy atom. The highest BCUT2D eigenvalue weighted by Crippen LogP contribution is 2.34. The summed E-state index contributed by atoms with van der Waals surface area (Å²) in [6, 6.07) is 19.9. The fraction of sp³-hybridized carbons (Fsp3) is 0.0800. The Bertz CT molecular complexity index is 1540. The van der Waals surface area contributed by atoms with Gasteiger partial charge < -0.3 is 8.98 Å². The van der Waals surface area contributed by atoms with Crippen LogP contribution in [0.2, 0.25) is 0 Å². The summed E-state index contributed by atoms with van der Waals surface area (Å²) >= 11 is 3.45. The van der Waals surface area contributed by atoms with E-state index in [9.17, 15) is 4.79 Å². The van der Waals surface area contributed by atoms with Crippen LogP contribution in [-0.4, -0.2) is 4.57 Å². The van der Waals surface area contributed by atoms with Crippen molar-refractivity contribution in [2.75, 3.05) is 0 Å². The van der Waals surface area contributed by atoms with Crippen molar-refractivity contribution in [3.63, 3.8) is 0 Å². The summed E-state index contributed by atoms with van der Waals surface area (Å²) in [6.45, 7) is 0. The van der Waals surface area contributed by atoms with E-state index in [1.807, 2.05) is 36.4 Å². The Balaban J connectivity index is 1.69. The smallest absolute Gasteiger partial charge is 0.200 e. The minimum absolute atomic E-state index is 0.00901. The lowest BCUT2D eigenvalue weighted by atomic mass is 10.0. The Kier molecular flexibility index (Phi) is 3.59. The largest absolute Gasteiger partial charge is 0.456 e. The summed E-state index contributed by atoms with van der Waals surface area (Å²) in [4.78, 5) is 13.2. The Labute approximate surface area is 175 Å². The number of para-hydroxylation sites is 1. The van der Waals surface area contributed by atoms with Crippen LogP contribution < -0.4 is 5.43 Å². The average molecular weight is 442 g/mol. The van der Waals surface area contributed by atoms with Crippen LogP contribution in [0.3, 0.4) is 0 Å². The van der Waals surface area contributed by atoms with E-state index in [1.54, 1.807) is 0 Å². The van der Waals surface area contributed by atoms with Gasteiger partial charge in [-0.25, -0.2) is 0 Å². The number of nitrogens with zero attached hydrogens (tertiary/aromatic N) is 1. The number of allylic oxidation sites excluding steroid dienone is 1. The first-order valence-corrected chi connectivity index (χ1v) is 10.5. The minimum atomic E-state index is -0.00901. The number of aryl methyl sites for hydroxylation is 1. The molecule has 0 fully saturated rings. The molecule has 0 spiro atoms. The Morgan fingerprint density at radius 1 is 0.897 bits per heavy atom. The van der Waals surface area contributed by atoms with Gasteiger partial charge in [0.25, 0.3) is 0 Å². The molecule has 6 rings (SSSR count). The molecule has 0 bridgehead atoms. The van der Waals surface area contributed by atoms with E-state index in [2.05, 4.69) is 56.9 Å². The standard InChI is InChI=1S/C25H16BrNO2/c26-15-9-11-23-19(13-15)25(28)20-14-16(10-12-24(20)29-23)27-21-7-3-1-5-17(21)18-6-2-4-8-22(18)27/h1,3-5,7-14H,2,6H2. The molecule has 1 aliphatic rings. The molecule has 0 saturated carbocycles. The third-order valence-corrected chi connectivity index (χ3v) is 6.22. The SMILES string of the molecule is O=c1c2cc(Br)ccc2oc2ccc(-n3c4c(c5ccccc53)CCC=C4)cc12. The summed E-state index contributed by atoms with van der Waals surface area (Å²) < 4.78 is 9.13. The zero-order valence-corrected chi connectivity index (χ0v) is 17.1. The number of rotatable bonds is 1. The molecule has 3 nitrogen and oxygen atoms in total. The number of hydrogen-bond donors (Lipinski definition) is 0. The van der Waals surface area contributed by atoms with Gasteiger partial charge in [-0.3, -0.25) is 4.79 Å². The summed E-state index contributed by atoms with van der Waals surface area (Å²) in [5.74, 6) is 0. The van der Waals surface area contributed by atoms with Gasteiger partial charge in [-0.1, -0.05) is 40.2 Å². The second kappa shape index (κ2) is 6.19. The highest BCUT2D eigenvalue weighted by Gasteiger charge is 2.19. The Morgan fingerprint density at radius 2 is 1.69 bits per heavy atom. The zero-order valence-electron chi connectivity index (χ0n) is 15.5. The van der Waals surface area contributed by atoms with Crippen molar-refractivity contribution in [3.05, 3.63) is 92.7 Å². The zero-order chi connectivity index (χ0) is 19.5. The molecule has 1 aliphatic carbocycles. The van der Waals surface area contributed by atoms with E-state index >= 15 is 0 Å². The summed E-state index contributed by atoms with van der Waals surface area (Å²) in [6.07, 6.45) is 6.51. The second-order valence-corrected chi connectivity index (χ2v) is 8.33. The van der Waals surface area contributed by atoms with Gasteiger partial charge >= 0.3 is 0 Å². The fourth-order valence-electron chi connectivity index (χ4n) is 4.42. The lowest BCUT2D eigenvalue weighted by Gasteiger charge is -2.12. The highest BCUT2D eigenvalue weighted by atomic mass is 79.9. The van der Waals surface area contributed by atoms with Gasteiger partial charge in [0, 0.05) is 21.2 Å². The minimum Gasteiger partial charge on any atom is -0.456 e. The molecule has 3 aromatic carbocycles. The molecular weight excluding hydrogens is 426 g/mol. The molecule has 29 heavy (non-hydrogen) atoms. The van der Waals surface area contributed by atoms with Crippen LogP contribution in [0.5, 0.6) is 0 Å². The number of aromatic nitrogens is 1. The molecule has 0 aliphatic heterocycles. The maximum absolute atomic E-state index is 13.2. The van der Waals surface area contributed by atoms with E-state index in [-0.39, 0.29) is 5.43 Å². The van der Waals surface area contributed by atoms with Crippen LogP contribution in [0.15, 0.2) is 80.4 Å². The normalized spacial score (nSPS) is 13.4. The maximum Gasteiger partial charge on any atom is 0.200 e. The average Bonchev–Trinajstić information content (AvgIpc) is 3.09. The number of hydrogen-bond acceptors (Lipinski definition) is 2. The molecule has 5 aromatic rings. The van der Waals surface area contributed by atoms with E-state index < -0.39 is 0 Å². The van der Waals surface area contributed by atoms with E-state index in [0.29, 0.717) is 21.9 Å². The quantitative estimate of drug-likeness (QED) is 0.274. The first-order valence-electron chi connectivity index (χ1n) is 9.66. The van der Waals surface area contributed by atoms with Crippen molar-refractivity contribution >= 4 is 54.8 Å². The van der Waals surface area contributed by atoms with Crippen LogP contribution >= 0.6 is 15.9 Å². The third-order valence-electron chi connectivity index (χ3n) is 5.73. The molecule has 2 aromatic heterocycles. The van der Waals surface area contributed by atoms with Crippen LogP contribution in [0, 0.1) is 0 Å². The van der Waals surface area contributed by atoms with Gasteiger partial charge in [-0.15, -0.1) is 0 Å². The van der Waals surface area contributed by atoms with Gasteiger partial charge in [0.2, 0.25) is 5.43 Å². The van der Waals surface area contributed by atoms with Gasteiger partial charge in [0.05, 0.1) is 16.3 Å². The second-order valence-electron chi connectivity index (χ2n) is 7.41. The molecule has 4 heteroatoms. The Hall–Kier alpha value is -3.11. The molecule has 0 saturated heterocycles. The maximum atomic E-state index is 13.2. The highest BCUT2D eigenvalue weighted by molar-refractivity contribution is 9.10. The van der Waals surface area contributed by atoms with Crippen LogP contribution in [0.4, 0.5) is 0 Å². The van der Waals surface area contributed by atoms with Gasteiger partial charge in [0.15, 0.2) is 0 Å². The first-order chi connectivity index (χ1) is 14.2. The van der Waals surface area contributed by atoms with E-state index in [1.165, 1.54) is 16.6 Å². The fourth-order valence-corrected chi connectivity index (χ4v) is 4.78. The van der Waals surface area contributed by atoms with Crippen LogP contribution in [0.1, 0.15) is 17.7 Å². The monoisotopic (exact) mass is 441 g/mol. The lowest BCUT2D eigenvalue weighted by molar-refractivity contribution is 0.659. The molecular formula is C25H16BrNO2. The van der Waals surface area contributed by atoms with E-state index in [4.69, 9.17) is 4.42 Å². The van der Waals surface area contributed by atoms with Crippen molar-refractivity contribution in [2.45, 2.75) is 12.8 Å². The van der Waals surface area contributed by atoms with E-state index in [0.717, 1.165) is 28.5 Å². The lowest BCUT2D eigenvalue weighted by Crippen LogP contribution is -2.05. The summed E-state index contributed by atoms with van der Waals surface area (Å²) in [5, 5.41) is 2.46. The van der Waals surface area contributed by atoms with Gasteiger partial charge in [-0.2, -0.15) is 0 Å². The number of fused-ring (bicyclic) bond motifs is 5. The molecule has 0 N–H and O–H groups in total. The summed E-state index contributed by atoms with van der Waals surface area (Å²) in [7, 11) is 0. The topological polar surface area (TPSA) is 35.1 Å². The van der Waals surface area contributed by atoms with Gasteiger partial charge in [0.1, 0.15) is 11.2 Å². The van der Waals surface area contributed by atoms with Crippen LogP contribution in [-0.2, 0) is 6.42 Å². The van der Waals surface area contributed by atoms with Gasteiger partial charge in [-0.05, 0) is 66.9 Å². The molecule has 0 unspecified atom stereocenters. The van der Waals surface area contributed by atoms with Crippen molar-refractivity contribution in [3.8, 4) is 5.69 Å². The van der Waals surface area contributed by atoms with Crippen molar-refractivity contribution < 1.29 is 4.42 Å².